The van der Waals surface area contributed by atoms with Gasteiger partial charge >= 0.3 is 5.97 Å². The van der Waals surface area contributed by atoms with Crippen LogP contribution in [0, 0.1) is 0 Å². The lowest BCUT2D eigenvalue weighted by molar-refractivity contribution is -0.514. The Bertz CT molecular complexity index is 153. The summed E-state index contributed by atoms with van der Waals surface area (Å²) in [5, 5.41) is 19.5. The fourth-order valence-corrected chi connectivity index (χ4v) is 1.25. The second-order valence-corrected chi connectivity index (χ2v) is 3.32. The fraction of sp³-hybridized carbons (Fsp3) is 0.889. The summed E-state index contributed by atoms with van der Waals surface area (Å²) in [6, 6.07) is 0. The maximum absolute atomic E-state index is 10.2. The molecule has 0 fully saturated rings. The lowest BCUT2D eigenvalue weighted by Gasteiger charge is -2.01. The molecule has 90 valence electrons. The van der Waals surface area contributed by atoms with Crippen LogP contribution < -0.4 is 5.48 Å². The molecule has 0 aliphatic rings. The van der Waals surface area contributed by atoms with Crippen LogP contribution in [-0.2, 0) is 14.8 Å². The molecule has 6 heteroatoms. The van der Waals surface area contributed by atoms with Gasteiger partial charge in [-0.05, 0) is 12.8 Å². The monoisotopic (exact) mass is 221 g/mol. The first-order valence-electron chi connectivity index (χ1n) is 5.19. The van der Waals surface area contributed by atoms with Crippen molar-refractivity contribution in [1.82, 2.24) is 5.48 Å². The molecule has 0 aliphatic carbocycles. The Balaban J connectivity index is 2.89. The van der Waals surface area contributed by atoms with Crippen LogP contribution in [0.1, 0.15) is 44.9 Å². The largest absolute Gasteiger partial charge is 0.481 e. The van der Waals surface area contributed by atoms with Crippen LogP contribution in [0.3, 0.4) is 0 Å². The normalized spacial score (nSPS) is 10.5. The van der Waals surface area contributed by atoms with E-state index >= 15 is 0 Å². The highest BCUT2D eigenvalue weighted by atomic mass is 17.5. The number of aliphatic carboxylic acids is 1. The highest BCUT2D eigenvalue weighted by Crippen LogP contribution is 2.06. The van der Waals surface area contributed by atoms with Gasteiger partial charge in [0.05, 0.1) is 0 Å². The van der Waals surface area contributed by atoms with Crippen molar-refractivity contribution >= 4 is 5.97 Å². The Morgan fingerprint density at radius 1 is 1.07 bits per heavy atom. The van der Waals surface area contributed by atoms with E-state index in [4.69, 9.17) is 10.4 Å². The second-order valence-electron chi connectivity index (χ2n) is 3.32. The fourth-order valence-electron chi connectivity index (χ4n) is 1.25. The molecule has 0 aromatic carbocycles. The van der Waals surface area contributed by atoms with Gasteiger partial charge in [-0.25, -0.2) is 5.26 Å². The molecule has 0 unspecified atom stereocenters. The summed E-state index contributed by atoms with van der Waals surface area (Å²) in [4.78, 5) is 14.2. The predicted octanol–water partition coefficient (Wildman–Crippen LogP) is 1.73. The van der Waals surface area contributed by atoms with Crippen LogP contribution >= 0.6 is 0 Å². The molecule has 0 rings (SSSR count). The maximum Gasteiger partial charge on any atom is 0.303 e. The number of rotatable bonds is 11. The molecule has 0 saturated heterocycles. The second kappa shape index (κ2) is 11.4. The van der Waals surface area contributed by atoms with Crippen LogP contribution in [0.2, 0.25) is 0 Å². The van der Waals surface area contributed by atoms with E-state index in [-0.39, 0.29) is 6.42 Å². The molecule has 0 aliphatic heterocycles. The van der Waals surface area contributed by atoms with Gasteiger partial charge in [0.25, 0.3) is 0 Å². The molecule has 0 bridgehead atoms. The minimum atomic E-state index is -0.722. The number of hydrogen-bond acceptors (Lipinski definition) is 5. The standard InChI is InChI=1S/C9H19NO5/c11-9(12)7-5-3-1-2-4-6-8-10-14-15-13/h10,13H,1-8H2,(H,11,12). The lowest BCUT2D eigenvalue weighted by Crippen LogP contribution is -2.15. The Kier molecular flexibility index (Phi) is 10.9. The molecule has 0 saturated carbocycles. The summed E-state index contributed by atoms with van der Waals surface area (Å²) in [6.07, 6.45) is 6.12. The first kappa shape index (κ1) is 14.3. The van der Waals surface area contributed by atoms with Crippen molar-refractivity contribution in [2.24, 2.45) is 0 Å². The zero-order valence-corrected chi connectivity index (χ0v) is 8.78. The van der Waals surface area contributed by atoms with Gasteiger partial charge in [0.15, 0.2) is 0 Å². The van der Waals surface area contributed by atoms with Crippen molar-refractivity contribution < 1.29 is 25.2 Å². The average Bonchev–Trinajstić information content (AvgIpc) is 2.20. The number of unbranched alkanes of at least 4 members (excludes halogenated alkanes) is 5. The Labute approximate surface area is 89.0 Å². The quantitative estimate of drug-likeness (QED) is 0.280. The van der Waals surface area contributed by atoms with E-state index < -0.39 is 5.97 Å². The maximum atomic E-state index is 10.2. The molecule has 6 nitrogen and oxygen atoms in total. The van der Waals surface area contributed by atoms with Gasteiger partial charge in [-0.3, -0.25) is 4.79 Å². The molecule has 0 aromatic rings. The molecule has 0 aromatic heterocycles. The van der Waals surface area contributed by atoms with Gasteiger partial charge in [-0.2, -0.15) is 5.48 Å². The molecule has 0 spiro atoms. The summed E-state index contributed by atoms with van der Waals surface area (Å²) in [5.41, 5.74) is 2.40. The van der Waals surface area contributed by atoms with Gasteiger partial charge in [0.2, 0.25) is 0 Å². The molecule has 3 N–H and O–H groups in total. The highest BCUT2D eigenvalue weighted by Gasteiger charge is 1.96. The van der Waals surface area contributed by atoms with Crippen LogP contribution in [0.5, 0.6) is 0 Å². The van der Waals surface area contributed by atoms with Crippen LogP contribution in [0.25, 0.3) is 0 Å². The zero-order valence-electron chi connectivity index (χ0n) is 8.78. The number of nitrogens with one attached hydrogen (secondary N) is 1. The molecule has 0 atom stereocenters. The third kappa shape index (κ3) is 13.3. The Morgan fingerprint density at radius 2 is 1.67 bits per heavy atom. The summed E-state index contributed by atoms with van der Waals surface area (Å²) < 4.78 is 0. The third-order valence-corrected chi connectivity index (χ3v) is 2.02. The number of carboxylic acid groups (broad SMARTS) is 1. The molecule has 0 amide bonds. The molecule has 0 radical (unpaired) electrons. The van der Waals surface area contributed by atoms with E-state index in [0.29, 0.717) is 6.54 Å². The van der Waals surface area contributed by atoms with Gasteiger partial charge < -0.3 is 5.11 Å². The predicted molar refractivity (Wildman–Crippen MR) is 52.8 cm³/mol. The van der Waals surface area contributed by atoms with Crippen molar-refractivity contribution in [3.63, 3.8) is 0 Å². The topological polar surface area (TPSA) is 88.0 Å². The summed E-state index contributed by atoms with van der Waals surface area (Å²) in [7, 11) is 0. The number of carboxylic acids is 1. The number of hydrogen-bond donors (Lipinski definition) is 3. The van der Waals surface area contributed by atoms with E-state index in [1.54, 1.807) is 0 Å². The lowest BCUT2D eigenvalue weighted by atomic mass is 10.1. The Hall–Kier alpha value is -0.690. The SMILES string of the molecule is O=C(O)CCCCCCCCNOOO. The first-order chi connectivity index (χ1) is 7.27. The van der Waals surface area contributed by atoms with Gasteiger partial charge in [-0.15, -0.1) is 4.99 Å². The molecular weight excluding hydrogens is 202 g/mol. The summed E-state index contributed by atoms with van der Waals surface area (Å²) >= 11 is 0. The summed E-state index contributed by atoms with van der Waals surface area (Å²) in [5.74, 6) is -0.722. The highest BCUT2D eigenvalue weighted by molar-refractivity contribution is 5.66. The zero-order chi connectivity index (χ0) is 11.4. The number of hydroxylamine groups is 1. The smallest absolute Gasteiger partial charge is 0.303 e. The minimum absolute atomic E-state index is 0.267. The number of carbonyl (C=O) groups is 1. The molecule has 15 heavy (non-hydrogen) atoms. The van der Waals surface area contributed by atoms with Crippen molar-refractivity contribution in [1.29, 1.82) is 0 Å². The van der Waals surface area contributed by atoms with Crippen molar-refractivity contribution in [2.75, 3.05) is 6.54 Å². The average molecular weight is 221 g/mol. The van der Waals surface area contributed by atoms with Gasteiger partial charge in [0, 0.05) is 13.0 Å². The third-order valence-electron chi connectivity index (χ3n) is 2.02. The summed E-state index contributed by atoms with van der Waals surface area (Å²) in [6.45, 7) is 0.621. The van der Waals surface area contributed by atoms with Gasteiger partial charge in [0.1, 0.15) is 0 Å². The molecular formula is C9H19NO5. The van der Waals surface area contributed by atoms with E-state index in [1.807, 2.05) is 0 Å². The van der Waals surface area contributed by atoms with Crippen LogP contribution in [-0.4, -0.2) is 22.9 Å². The van der Waals surface area contributed by atoms with Crippen molar-refractivity contribution in [3.05, 3.63) is 0 Å². The van der Waals surface area contributed by atoms with E-state index in [1.165, 1.54) is 0 Å². The van der Waals surface area contributed by atoms with E-state index in [9.17, 15) is 4.79 Å². The van der Waals surface area contributed by atoms with Crippen molar-refractivity contribution in [2.45, 2.75) is 44.9 Å². The Morgan fingerprint density at radius 3 is 2.27 bits per heavy atom. The van der Waals surface area contributed by atoms with E-state index in [2.05, 4.69) is 15.5 Å². The van der Waals surface area contributed by atoms with E-state index in [0.717, 1.165) is 38.5 Å². The minimum Gasteiger partial charge on any atom is -0.481 e. The molecule has 0 heterocycles. The van der Waals surface area contributed by atoms with Crippen LogP contribution in [0.15, 0.2) is 0 Å². The van der Waals surface area contributed by atoms with Gasteiger partial charge in [-0.1, -0.05) is 30.7 Å². The first-order valence-corrected chi connectivity index (χ1v) is 5.19. The van der Waals surface area contributed by atoms with Crippen molar-refractivity contribution in [3.8, 4) is 0 Å². The van der Waals surface area contributed by atoms with Crippen LogP contribution in [0.4, 0.5) is 0 Å².